The number of hydrogen-bond acceptors (Lipinski definition) is 4. The van der Waals surface area contributed by atoms with Crippen molar-refractivity contribution in [2.24, 2.45) is 0 Å². The molecule has 0 aliphatic carbocycles. The SMILES string of the molecule is O=C(NNC(=O)c1sc2cc(F)ccc2c1Cl)c1ccccc1O. The summed E-state index contributed by atoms with van der Waals surface area (Å²) >= 11 is 7.15. The number of hydrazine groups is 1. The summed E-state index contributed by atoms with van der Waals surface area (Å²) in [5, 5.41) is 10.3. The van der Waals surface area contributed by atoms with Crippen LogP contribution in [0.4, 0.5) is 4.39 Å². The Morgan fingerprint density at radius 2 is 1.79 bits per heavy atom. The topological polar surface area (TPSA) is 78.4 Å². The van der Waals surface area contributed by atoms with E-state index in [1.807, 2.05) is 0 Å². The smallest absolute Gasteiger partial charge is 0.281 e. The monoisotopic (exact) mass is 364 g/mol. The first-order valence-corrected chi connectivity index (χ1v) is 7.93. The first-order valence-electron chi connectivity index (χ1n) is 6.73. The lowest BCUT2D eigenvalue weighted by atomic mass is 10.2. The highest BCUT2D eigenvalue weighted by atomic mass is 35.5. The van der Waals surface area contributed by atoms with E-state index in [9.17, 15) is 19.1 Å². The highest BCUT2D eigenvalue weighted by Crippen LogP contribution is 2.35. The van der Waals surface area contributed by atoms with Crippen molar-refractivity contribution < 1.29 is 19.1 Å². The van der Waals surface area contributed by atoms with Crippen LogP contribution in [-0.4, -0.2) is 16.9 Å². The van der Waals surface area contributed by atoms with Gasteiger partial charge in [0, 0.05) is 10.1 Å². The molecule has 0 aliphatic heterocycles. The number of nitrogens with one attached hydrogen (secondary N) is 2. The van der Waals surface area contributed by atoms with Crippen molar-refractivity contribution in [3.05, 3.63) is 63.7 Å². The first-order chi connectivity index (χ1) is 11.5. The van der Waals surface area contributed by atoms with Gasteiger partial charge in [0.05, 0.1) is 10.6 Å². The number of halogens is 2. The van der Waals surface area contributed by atoms with Crippen molar-refractivity contribution in [1.29, 1.82) is 0 Å². The third-order valence-electron chi connectivity index (χ3n) is 3.24. The average Bonchev–Trinajstić information content (AvgIpc) is 2.89. The van der Waals surface area contributed by atoms with Crippen LogP contribution in [0.3, 0.4) is 0 Å². The van der Waals surface area contributed by atoms with Crippen molar-refractivity contribution in [2.75, 3.05) is 0 Å². The van der Waals surface area contributed by atoms with Gasteiger partial charge in [-0.25, -0.2) is 4.39 Å². The van der Waals surface area contributed by atoms with E-state index in [0.717, 1.165) is 11.3 Å². The second-order valence-electron chi connectivity index (χ2n) is 4.81. The molecule has 2 amide bonds. The van der Waals surface area contributed by atoms with Gasteiger partial charge in [-0.2, -0.15) is 0 Å². The van der Waals surface area contributed by atoms with E-state index >= 15 is 0 Å². The highest BCUT2D eigenvalue weighted by Gasteiger charge is 2.18. The summed E-state index contributed by atoms with van der Waals surface area (Å²) in [6.07, 6.45) is 0. The normalized spacial score (nSPS) is 10.6. The van der Waals surface area contributed by atoms with Crippen LogP contribution < -0.4 is 10.9 Å². The van der Waals surface area contributed by atoms with Crippen molar-refractivity contribution in [1.82, 2.24) is 10.9 Å². The van der Waals surface area contributed by atoms with E-state index in [-0.39, 0.29) is 21.2 Å². The summed E-state index contributed by atoms with van der Waals surface area (Å²) in [5.41, 5.74) is 4.44. The molecule has 0 saturated carbocycles. The number of amides is 2. The van der Waals surface area contributed by atoms with Gasteiger partial charge in [0.15, 0.2) is 0 Å². The molecule has 0 atom stereocenters. The number of rotatable bonds is 2. The number of aromatic hydroxyl groups is 1. The standard InChI is InChI=1S/C16H10ClFN2O3S/c17-13-10-6-5-8(18)7-12(10)24-14(13)16(23)20-19-15(22)9-3-1-2-4-11(9)21/h1-7,21H,(H,19,22)(H,20,23). The first kappa shape index (κ1) is 16.2. The Labute approximate surface area is 144 Å². The predicted octanol–water partition coefficient (Wildman–Crippen LogP) is 3.47. The van der Waals surface area contributed by atoms with Gasteiger partial charge < -0.3 is 5.11 Å². The van der Waals surface area contributed by atoms with E-state index < -0.39 is 17.6 Å². The van der Waals surface area contributed by atoms with Crippen LogP contribution in [0.1, 0.15) is 20.0 Å². The van der Waals surface area contributed by atoms with E-state index in [0.29, 0.717) is 10.1 Å². The van der Waals surface area contributed by atoms with Gasteiger partial charge in [0.1, 0.15) is 16.4 Å². The third-order valence-corrected chi connectivity index (χ3v) is 4.89. The molecular weight excluding hydrogens is 355 g/mol. The number of benzene rings is 2. The molecule has 0 unspecified atom stereocenters. The number of hydrogen-bond donors (Lipinski definition) is 3. The zero-order valence-electron chi connectivity index (χ0n) is 12.0. The van der Waals surface area contributed by atoms with Crippen molar-refractivity contribution in [3.8, 4) is 5.75 Å². The molecule has 0 spiro atoms. The molecule has 1 aromatic heterocycles. The summed E-state index contributed by atoms with van der Waals surface area (Å²) < 4.78 is 13.8. The maximum Gasteiger partial charge on any atom is 0.281 e. The van der Waals surface area contributed by atoms with Crippen LogP contribution >= 0.6 is 22.9 Å². The molecule has 0 aliphatic rings. The lowest BCUT2D eigenvalue weighted by molar-refractivity contribution is 0.0847. The van der Waals surface area contributed by atoms with Crippen LogP contribution in [-0.2, 0) is 0 Å². The lowest BCUT2D eigenvalue weighted by Gasteiger charge is -2.07. The van der Waals surface area contributed by atoms with E-state index in [2.05, 4.69) is 10.9 Å². The summed E-state index contributed by atoms with van der Waals surface area (Å²) in [5.74, 6) is -1.95. The van der Waals surface area contributed by atoms with Crippen LogP contribution in [0.2, 0.25) is 5.02 Å². The van der Waals surface area contributed by atoms with Gasteiger partial charge in [0.25, 0.3) is 11.8 Å². The fraction of sp³-hybridized carbons (Fsp3) is 0. The molecule has 0 saturated heterocycles. The summed E-state index contributed by atoms with van der Waals surface area (Å²) in [6.45, 7) is 0. The molecule has 3 N–H and O–H groups in total. The second-order valence-corrected chi connectivity index (χ2v) is 6.24. The minimum atomic E-state index is -0.676. The van der Waals surface area contributed by atoms with Crippen LogP contribution in [0, 0.1) is 5.82 Å². The number of thiophene rings is 1. The molecule has 5 nitrogen and oxygen atoms in total. The van der Waals surface area contributed by atoms with Crippen molar-refractivity contribution >= 4 is 44.8 Å². The Morgan fingerprint density at radius 1 is 1.08 bits per heavy atom. The predicted molar refractivity (Wildman–Crippen MR) is 89.8 cm³/mol. The van der Waals surface area contributed by atoms with Gasteiger partial charge in [-0.1, -0.05) is 23.7 Å². The minimum Gasteiger partial charge on any atom is -0.507 e. The van der Waals surface area contributed by atoms with Crippen molar-refractivity contribution in [3.63, 3.8) is 0 Å². The zero-order valence-corrected chi connectivity index (χ0v) is 13.5. The molecule has 0 fully saturated rings. The van der Waals surface area contributed by atoms with E-state index in [1.54, 1.807) is 12.1 Å². The molecule has 2 aromatic carbocycles. The van der Waals surface area contributed by atoms with E-state index in [4.69, 9.17) is 11.6 Å². The quantitative estimate of drug-likeness (QED) is 0.609. The highest BCUT2D eigenvalue weighted by molar-refractivity contribution is 7.21. The molecular formula is C16H10ClFN2O3S. The fourth-order valence-corrected chi connectivity index (χ4v) is 3.53. The summed E-state index contributed by atoms with van der Waals surface area (Å²) in [6, 6.07) is 9.93. The van der Waals surface area contributed by atoms with Crippen LogP contribution in [0.5, 0.6) is 5.75 Å². The fourth-order valence-electron chi connectivity index (χ4n) is 2.09. The van der Waals surface area contributed by atoms with E-state index in [1.165, 1.54) is 30.3 Å². The Balaban J connectivity index is 1.77. The van der Waals surface area contributed by atoms with Gasteiger partial charge >= 0.3 is 0 Å². The van der Waals surface area contributed by atoms with Gasteiger partial charge in [-0.05, 0) is 30.3 Å². The molecule has 0 radical (unpaired) electrons. The zero-order chi connectivity index (χ0) is 17.3. The molecule has 24 heavy (non-hydrogen) atoms. The number of phenolic OH excluding ortho intramolecular Hbond substituents is 1. The van der Waals surface area contributed by atoms with Gasteiger partial charge in [0.2, 0.25) is 0 Å². The molecule has 0 bridgehead atoms. The number of phenols is 1. The Hall–Kier alpha value is -2.64. The number of fused-ring (bicyclic) bond motifs is 1. The molecule has 3 rings (SSSR count). The number of para-hydroxylation sites is 1. The second kappa shape index (κ2) is 6.46. The average molecular weight is 365 g/mol. The molecule has 8 heteroatoms. The van der Waals surface area contributed by atoms with Gasteiger partial charge in [-0.3, -0.25) is 20.4 Å². The molecule has 1 heterocycles. The number of carbonyl (C=O) groups is 2. The maximum atomic E-state index is 13.2. The number of carbonyl (C=O) groups excluding carboxylic acids is 2. The van der Waals surface area contributed by atoms with Gasteiger partial charge in [-0.15, -0.1) is 11.3 Å². The van der Waals surface area contributed by atoms with Crippen LogP contribution in [0.25, 0.3) is 10.1 Å². The Kier molecular flexibility index (Phi) is 4.37. The lowest BCUT2D eigenvalue weighted by Crippen LogP contribution is -2.41. The molecule has 122 valence electrons. The Morgan fingerprint density at radius 3 is 2.54 bits per heavy atom. The molecule has 3 aromatic rings. The van der Waals surface area contributed by atoms with Crippen LogP contribution in [0.15, 0.2) is 42.5 Å². The summed E-state index contributed by atoms with van der Waals surface area (Å²) in [7, 11) is 0. The Bertz CT molecular complexity index is 958. The largest absolute Gasteiger partial charge is 0.507 e. The van der Waals surface area contributed by atoms with Crippen molar-refractivity contribution in [2.45, 2.75) is 0 Å². The summed E-state index contributed by atoms with van der Waals surface area (Å²) in [4.78, 5) is 24.3. The minimum absolute atomic E-state index is 0.0160. The maximum absolute atomic E-state index is 13.2. The third kappa shape index (κ3) is 3.04.